The van der Waals surface area contributed by atoms with Crippen LogP contribution in [0.3, 0.4) is 0 Å². The molecule has 0 saturated carbocycles. The highest BCUT2D eigenvalue weighted by molar-refractivity contribution is 6.01. The van der Waals surface area contributed by atoms with E-state index in [1.54, 1.807) is 0 Å². The Bertz CT molecular complexity index is 1640. The minimum absolute atomic E-state index is 0.0529. The molecule has 15 heteroatoms. The molecule has 45 heavy (non-hydrogen) atoms. The van der Waals surface area contributed by atoms with E-state index in [1.807, 2.05) is 0 Å². The maximum Gasteiger partial charge on any atom is 0.349 e. The highest BCUT2D eigenvalue weighted by atomic mass is 19.1. The van der Waals surface area contributed by atoms with Crippen molar-refractivity contribution in [2.75, 3.05) is 19.5 Å². The number of hydrogen-bond donors (Lipinski definition) is 2. The fourth-order valence-corrected chi connectivity index (χ4v) is 3.70. The van der Waals surface area contributed by atoms with Crippen LogP contribution in [0.1, 0.15) is 34.6 Å². The lowest BCUT2D eigenvalue weighted by atomic mass is 10.1. The first kappa shape index (κ1) is 33.5. The van der Waals surface area contributed by atoms with Crippen LogP contribution >= 0.6 is 0 Å². The van der Waals surface area contributed by atoms with Crippen LogP contribution < -0.4 is 24.3 Å². The summed E-state index contributed by atoms with van der Waals surface area (Å²) in [6, 6.07) is 11.7. The number of aliphatic carboxylic acids is 1. The molecule has 0 aliphatic rings. The van der Waals surface area contributed by atoms with Crippen LogP contribution in [-0.4, -0.2) is 67.3 Å². The highest BCUT2D eigenvalue weighted by Gasteiger charge is 2.41. The maximum atomic E-state index is 14.3. The summed E-state index contributed by atoms with van der Waals surface area (Å²) >= 11 is 0. The van der Waals surface area contributed by atoms with Crippen LogP contribution in [0.4, 0.5) is 10.1 Å². The van der Waals surface area contributed by atoms with Crippen LogP contribution in [0.5, 0.6) is 23.0 Å². The molecular formula is C30H26FNO13. The van der Waals surface area contributed by atoms with Gasteiger partial charge in [0, 0.05) is 13.8 Å². The van der Waals surface area contributed by atoms with E-state index in [0.717, 1.165) is 50.2 Å². The number of esters is 4. The number of rotatable bonds is 12. The van der Waals surface area contributed by atoms with Gasteiger partial charge in [-0.3, -0.25) is 14.4 Å². The molecule has 0 saturated heterocycles. The minimum atomic E-state index is -2.46. The van der Waals surface area contributed by atoms with Crippen molar-refractivity contribution >= 4 is 41.4 Å². The molecule has 3 aromatic rings. The molecule has 0 fully saturated rings. The largest absolute Gasteiger partial charge is 0.493 e. The van der Waals surface area contributed by atoms with Crippen molar-refractivity contribution < 1.29 is 66.7 Å². The first-order valence-electron chi connectivity index (χ1n) is 12.8. The van der Waals surface area contributed by atoms with Crippen molar-refractivity contribution in [1.82, 2.24) is 0 Å². The van der Waals surface area contributed by atoms with Gasteiger partial charge < -0.3 is 38.8 Å². The van der Waals surface area contributed by atoms with Gasteiger partial charge in [-0.1, -0.05) is 12.1 Å². The van der Waals surface area contributed by atoms with E-state index < -0.39 is 59.5 Å². The number of carbonyl (C=O) groups excluding carboxylic acids is 5. The molecular weight excluding hydrogens is 601 g/mol. The monoisotopic (exact) mass is 627 g/mol. The topological polar surface area (TPSA) is 190 Å². The van der Waals surface area contributed by atoms with Crippen LogP contribution in [0.15, 0.2) is 60.7 Å². The van der Waals surface area contributed by atoms with Gasteiger partial charge in [-0.15, -0.1) is 0 Å². The summed E-state index contributed by atoms with van der Waals surface area (Å²) < 4.78 is 44.8. The molecule has 3 rings (SSSR count). The van der Waals surface area contributed by atoms with Gasteiger partial charge in [0.1, 0.15) is 5.82 Å². The molecule has 0 radical (unpaired) electrons. The SMILES string of the molecule is COc1cc(C(=O)O[C@@H](C(=O)O)[C@@H](OC(=O)c2ccc(OC(C)=O)c(OC)c2)C(=O)Nc2ccccc2F)ccc1OC(C)=O. The van der Waals surface area contributed by atoms with Gasteiger partial charge in [-0.05, 0) is 48.5 Å². The number of methoxy groups -OCH3 is 2. The van der Waals surface area contributed by atoms with Crippen molar-refractivity contribution in [3.8, 4) is 23.0 Å². The lowest BCUT2D eigenvalue weighted by Gasteiger charge is -2.24. The Hall–Kier alpha value is -5.99. The molecule has 3 aromatic carbocycles. The normalized spacial score (nSPS) is 11.7. The number of amides is 1. The summed E-state index contributed by atoms with van der Waals surface area (Å²) in [5, 5.41) is 12.1. The highest BCUT2D eigenvalue weighted by Crippen LogP contribution is 2.30. The number of carbonyl (C=O) groups is 6. The summed E-state index contributed by atoms with van der Waals surface area (Å²) in [7, 11) is 2.43. The summed E-state index contributed by atoms with van der Waals surface area (Å²) in [6.07, 6.45) is -4.84. The van der Waals surface area contributed by atoms with Gasteiger partial charge in [-0.25, -0.2) is 18.8 Å². The van der Waals surface area contributed by atoms with Gasteiger partial charge in [0.2, 0.25) is 12.2 Å². The van der Waals surface area contributed by atoms with Crippen molar-refractivity contribution in [3.63, 3.8) is 0 Å². The van der Waals surface area contributed by atoms with Crippen molar-refractivity contribution in [2.24, 2.45) is 0 Å². The van der Waals surface area contributed by atoms with E-state index in [1.165, 1.54) is 38.5 Å². The zero-order valence-corrected chi connectivity index (χ0v) is 24.2. The van der Waals surface area contributed by atoms with Crippen LogP contribution in [0.25, 0.3) is 0 Å². The fourth-order valence-electron chi connectivity index (χ4n) is 3.70. The van der Waals surface area contributed by atoms with E-state index in [9.17, 15) is 38.3 Å². The van der Waals surface area contributed by atoms with Crippen LogP contribution in [0.2, 0.25) is 0 Å². The third-order valence-electron chi connectivity index (χ3n) is 5.68. The Balaban J connectivity index is 1.98. The summed E-state index contributed by atoms with van der Waals surface area (Å²) in [5.74, 6) is -8.39. The number of benzene rings is 3. The van der Waals surface area contributed by atoms with Gasteiger partial charge in [0.25, 0.3) is 5.91 Å². The quantitative estimate of drug-likeness (QED) is 0.220. The van der Waals surface area contributed by atoms with Crippen molar-refractivity contribution in [2.45, 2.75) is 26.1 Å². The molecule has 14 nitrogen and oxygen atoms in total. The second-order valence-electron chi connectivity index (χ2n) is 8.88. The molecule has 2 N–H and O–H groups in total. The van der Waals surface area contributed by atoms with Crippen molar-refractivity contribution in [3.05, 3.63) is 77.6 Å². The maximum absolute atomic E-state index is 14.3. The summed E-state index contributed by atoms with van der Waals surface area (Å²) in [4.78, 5) is 74.5. The third-order valence-corrected chi connectivity index (χ3v) is 5.68. The average molecular weight is 628 g/mol. The Morgan fingerprint density at radius 1 is 0.689 bits per heavy atom. The van der Waals surface area contributed by atoms with Gasteiger partial charge in [0.05, 0.1) is 31.0 Å². The number of hydrogen-bond acceptors (Lipinski definition) is 12. The van der Waals surface area contributed by atoms with Gasteiger partial charge in [-0.2, -0.15) is 0 Å². The number of carboxylic acids is 1. The third kappa shape index (κ3) is 8.76. The molecule has 0 heterocycles. The zero-order chi connectivity index (χ0) is 33.3. The number of ether oxygens (including phenoxy) is 6. The molecule has 236 valence electrons. The van der Waals surface area contributed by atoms with E-state index in [4.69, 9.17) is 28.4 Å². The standard InChI is InChI=1S/C30H26FNO13/c1-15(33)42-21-11-9-17(13-23(21)40-3)29(38)44-25(27(35)32-20-8-6-5-7-19(20)31)26(28(36)37)45-30(39)18-10-12-22(43-16(2)34)24(14-18)41-4/h5-14,25-26H,1-4H3,(H,32,35)(H,36,37)/t25-,26-/m1/s1. The van der Waals surface area contributed by atoms with Crippen molar-refractivity contribution in [1.29, 1.82) is 0 Å². The summed E-state index contributed by atoms with van der Waals surface area (Å²) in [6.45, 7) is 2.27. The predicted molar refractivity (Wildman–Crippen MR) is 150 cm³/mol. The van der Waals surface area contributed by atoms with Gasteiger partial charge >= 0.3 is 29.8 Å². The summed E-state index contributed by atoms with van der Waals surface area (Å²) in [5.41, 5.74) is -0.968. The second kappa shape index (κ2) is 15.0. The predicted octanol–water partition coefficient (Wildman–Crippen LogP) is 3.17. The first-order valence-corrected chi connectivity index (χ1v) is 12.8. The molecule has 0 bridgehead atoms. The number of halogens is 1. The second-order valence-corrected chi connectivity index (χ2v) is 8.88. The Morgan fingerprint density at radius 3 is 1.58 bits per heavy atom. The van der Waals surface area contributed by atoms with Crippen LogP contribution in [0, 0.1) is 5.82 Å². The van der Waals surface area contributed by atoms with E-state index in [2.05, 4.69) is 5.32 Å². The van der Waals surface area contributed by atoms with E-state index >= 15 is 0 Å². The molecule has 1 amide bonds. The fraction of sp³-hybridized carbons (Fsp3) is 0.200. The minimum Gasteiger partial charge on any atom is -0.493 e. The number of carboxylic acid groups (broad SMARTS) is 1. The zero-order valence-electron chi connectivity index (χ0n) is 24.2. The Labute approximate surface area is 254 Å². The molecule has 0 aliphatic carbocycles. The van der Waals surface area contributed by atoms with E-state index in [0.29, 0.717) is 0 Å². The Morgan fingerprint density at radius 2 is 1.16 bits per heavy atom. The van der Waals surface area contributed by atoms with E-state index in [-0.39, 0.29) is 34.1 Å². The molecule has 0 aliphatic heterocycles. The number of anilines is 1. The van der Waals surface area contributed by atoms with Gasteiger partial charge in [0.15, 0.2) is 23.0 Å². The lowest BCUT2D eigenvalue weighted by Crippen LogP contribution is -2.48. The number of nitrogens with one attached hydrogen (secondary N) is 1. The first-order chi connectivity index (χ1) is 21.3. The molecule has 0 unspecified atom stereocenters. The Kier molecular flexibility index (Phi) is 11.1. The smallest absolute Gasteiger partial charge is 0.349 e. The molecule has 0 spiro atoms. The van der Waals surface area contributed by atoms with Crippen LogP contribution in [-0.2, 0) is 28.7 Å². The number of para-hydroxylation sites is 1. The molecule has 0 aromatic heterocycles. The molecule has 2 atom stereocenters. The lowest BCUT2D eigenvalue weighted by molar-refractivity contribution is -0.157. The average Bonchev–Trinajstić information content (AvgIpc) is 2.99.